The van der Waals surface area contributed by atoms with Crippen molar-refractivity contribution in [2.24, 2.45) is 10.1 Å². The third-order valence-corrected chi connectivity index (χ3v) is 1.03. The first kappa shape index (κ1) is 10.4. The van der Waals surface area contributed by atoms with Crippen LogP contribution in [-0.2, 0) is 0 Å². The number of hydrazone groups is 1. The normalized spacial score (nSPS) is 13.2. The molecule has 0 N–H and O–H groups in total. The molecule has 0 aromatic carbocycles. The third-order valence-electron chi connectivity index (χ3n) is 1.03. The van der Waals surface area contributed by atoms with E-state index in [-0.39, 0.29) is 0 Å². The van der Waals surface area contributed by atoms with Crippen LogP contribution in [0.1, 0.15) is 13.8 Å². The van der Waals surface area contributed by atoms with Crippen LogP contribution in [0.4, 0.5) is 0 Å². The minimum Gasteiger partial charge on any atom is -0.266 e. The predicted molar refractivity (Wildman–Crippen MR) is 53.0 cm³/mol. The Hall–Kier alpha value is -1.56. The van der Waals surface area contributed by atoms with Crippen LogP contribution >= 0.6 is 0 Å². The number of aliphatic imine (C=N–C) groups is 1. The summed E-state index contributed by atoms with van der Waals surface area (Å²) in [6.45, 7) is 4.72. The molecule has 1 aliphatic rings. The molecule has 64 valence electrons. The fraction of sp³-hybridized carbons (Fsp3) is 0.333. The highest BCUT2D eigenvalue weighted by atomic mass is 15.4. The molecular weight excluding hydrogens is 150 g/mol. The summed E-state index contributed by atoms with van der Waals surface area (Å²) < 4.78 is 0. The Labute approximate surface area is 73.5 Å². The van der Waals surface area contributed by atoms with Gasteiger partial charge in [0.05, 0.1) is 6.54 Å². The van der Waals surface area contributed by atoms with Gasteiger partial charge in [-0.3, -0.25) is 10.0 Å². The van der Waals surface area contributed by atoms with Gasteiger partial charge in [-0.2, -0.15) is 5.10 Å². The van der Waals surface area contributed by atoms with Crippen LogP contribution < -0.4 is 0 Å². The van der Waals surface area contributed by atoms with Crippen LogP contribution in [-0.4, -0.2) is 23.5 Å². The zero-order valence-corrected chi connectivity index (χ0v) is 7.44. The fourth-order valence-corrected chi connectivity index (χ4v) is 0.699. The zero-order chi connectivity index (χ0) is 9.40. The number of nitrogens with zero attached hydrogens (tertiary/aromatic N) is 3. The molecular formula is C9H13N3. The van der Waals surface area contributed by atoms with E-state index in [1.165, 1.54) is 0 Å². The van der Waals surface area contributed by atoms with Crippen molar-refractivity contribution in [2.45, 2.75) is 13.8 Å². The molecule has 0 bridgehead atoms. The van der Waals surface area contributed by atoms with Gasteiger partial charge < -0.3 is 0 Å². The molecule has 0 aliphatic carbocycles. The number of hydrogen-bond donors (Lipinski definition) is 0. The molecule has 0 fully saturated rings. The second-order valence-electron chi connectivity index (χ2n) is 2.30. The van der Waals surface area contributed by atoms with E-state index in [2.05, 4.69) is 22.9 Å². The topological polar surface area (TPSA) is 28.0 Å². The lowest BCUT2D eigenvalue weighted by molar-refractivity contribution is 0.454. The van der Waals surface area contributed by atoms with Crippen LogP contribution in [0.2, 0.25) is 0 Å². The Balaban J connectivity index is 0.000000561. The van der Waals surface area contributed by atoms with Gasteiger partial charge in [-0.1, -0.05) is 0 Å². The maximum absolute atomic E-state index is 4.21. The lowest BCUT2D eigenvalue weighted by atomic mass is 10.5. The Morgan fingerprint density at radius 2 is 2.17 bits per heavy atom. The molecule has 3 heteroatoms. The minimum atomic E-state index is 0.779. The highest BCUT2D eigenvalue weighted by molar-refractivity contribution is 5.79. The van der Waals surface area contributed by atoms with E-state index < -0.39 is 0 Å². The first-order valence-electron chi connectivity index (χ1n) is 3.59. The largest absolute Gasteiger partial charge is 0.266 e. The van der Waals surface area contributed by atoms with Crippen LogP contribution in [0.5, 0.6) is 0 Å². The molecule has 0 atom stereocenters. The summed E-state index contributed by atoms with van der Waals surface area (Å²) in [5.74, 6) is 0. The second-order valence-corrected chi connectivity index (χ2v) is 2.30. The molecule has 0 saturated heterocycles. The van der Waals surface area contributed by atoms with Crippen LogP contribution in [0.3, 0.4) is 0 Å². The van der Waals surface area contributed by atoms with Gasteiger partial charge >= 0.3 is 0 Å². The lowest BCUT2D eigenvalue weighted by Gasteiger charge is -2.13. The SMILES string of the molecule is C#C.CC(C)=NN1C=CN=CC1. The monoisotopic (exact) mass is 163 g/mol. The van der Waals surface area contributed by atoms with Crippen molar-refractivity contribution >= 4 is 11.9 Å². The summed E-state index contributed by atoms with van der Waals surface area (Å²) in [5.41, 5.74) is 1.06. The molecule has 0 saturated carbocycles. The van der Waals surface area contributed by atoms with Crippen molar-refractivity contribution < 1.29 is 0 Å². The number of hydrogen-bond acceptors (Lipinski definition) is 3. The van der Waals surface area contributed by atoms with Gasteiger partial charge in [0.25, 0.3) is 0 Å². The quantitative estimate of drug-likeness (QED) is 0.425. The first-order chi connectivity index (χ1) is 5.79. The summed E-state index contributed by atoms with van der Waals surface area (Å²) in [5, 5.41) is 6.06. The molecule has 1 heterocycles. The second kappa shape index (κ2) is 6.17. The molecule has 0 spiro atoms. The van der Waals surface area contributed by atoms with Gasteiger partial charge in [-0.05, 0) is 13.8 Å². The van der Waals surface area contributed by atoms with E-state index >= 15 is 0 Å². The van der Waals surface area contributed by atoms with Crippen molar-refractivity contribution in [3.8, 4) is 12.8 Å². The van der Waals surface area contributed by atoms with Crippen molar-refractivity contribution in [3.63, 3.8) is 0 Å². The smallest absolute Gasteiger partial charge is 0.0762 e. The molecule has 0 aromatic rings. The summed E-state index contributed by atoms with van der Waals surface area (Å²) in [7, 11) is 0. The Morgan fingerprint density at radius 3 is 2.58 bits per heavy atom. The maximum atomic E-state index is 4.21. The molecule has 0 amide bonds. The van der Waals surface area contributed by atoms with Gasteiger partial charge in [0.15, 0.2) is 0 Å². The van der Waals surface area contributed by atoms with Gasteiger partial charge in [0, 0.05) is 24.3 Å². The van der Waals surface area contributed by atoms with Crippen LogP contribution in [0, 0.1) is 12.8 Å². The van der Waals surface area contributed by atoms with Crippen LogP contribution in [0.15, 0.2) is 22.5 Å². The van der Waals surface area contributed by atoms with E-state index in [9.17, 15) is 0 Å². The molecule has 3 nitrogen and oxygen atoms in total. The summed E-state index contributed by atoms with van der Waals surface area (Å²) >= 11 is 0. The van der Waals surface area contributed by atoms with E-state index in [1.54, 1.807) is 6.20 Å². The van der Waals surface area contributed by atoms with Crippen molar-refractivity contribution in [1.29, 1.82) is 0 Å². The minimum absolute atomic E-state index is 0.779. The summed E-state index contributed by atoms with van der Waals surface area (Å²) in [4.78, 5) is 3.92. The average molecular weight is 163 g/mol. The maximum Gasteiger partial charge on any atom is 0.0762 e. The molecule has 12 heavy (non-hydrogen) atoms. The standard InChI is InChI=1S/C7H11N3.C2H2/c1-7(2)9-10-5-3-8-4-6-10;1-2/h3-5H,6H2,1-2H3;1-2H. The van der Waals surface area contributed by atoms with E-state index in [1.807, 2.05) is 31.3 Å². The van der Waals surface area contributed by atoms with E-state index in [0.29, 0.717) is 0 Å². The summed E-state index contributed by atoms with van der Waals surface area (Å²) in [6.07, 6.45) is 13.4. The van der Waals surface area contributed by atoms with E-state index in [4.69, 9.17) is 0 Å². The van der Waals surface area contributed by atoms with Crippen molar-refractivity contribution in [2.75, 3.05) is 6.54 Å². The zero-order valence-electron chi connectivity index (χ0n) is 7.44. The molecule has 0 radical (unpaired) electrons. The first-order valence-corrected chi connectivity index (χ1v) is 3.59. The highest BCUT2D eigenvalue weighted by Crippen LogP contribution is 1.95. The number of rotatable bonds is 1. The summed E-state index contributed by atoms with van der Waals surface area (Å²) in [6, 6.07) is 0. The Morgan fingerprint density at radius 1 is 1.50 bits per heavy atom. The number of terminal acetylenes is 1. The molecule has 1 rings (SSSR count). The van der Waals surface area contributed by atoms with Gasteiger partial charge in [-0.25, -0.2) is 0 Å². The van der Waals surface area contributed by atoms with E-state index in [0.717, 1.165) is 12.3 Å². The van der Waals surface area contributed by atoms with Gasteiger partial charge in [-0.15, -0.1) is 12.8 Å². The Kier molecular flexibility index (Phi) is 5.37. The molecule has 0 aromatic heterocycles. The molecule has 1 aliphatic heterocycles. The van der Waals surface area contributed by atoms with Gasteiger partial charge in [0.1, 0.15) is 0 Å². The highest BCUT2D eigenvalue weighted by Gasteiger charge is 1.95. The van der Waals surface area contributed by atoms with Crippen molar-refractivity contribution in [1.82, 2.24) is 5.01 Å². The fourth-order valence-electron chi connectivity index (χ4n) is 0.699. The lowest BCUT2D eigenvalue weighted by Crippen LogP contribution is -2.15. The predicted octanol–water partition coefficient (Wildman–Crippen LogP) is 1.49. The van der Waals surface area contributed by atoms with Crippen LogP contribution in [0.25, 0.3) is 0 Å². The average Bonchev–Trinajstić information content (AvgIpc) is 2.08. The van der Waals surface area contributed by atoms with Gasteiger partial charge in [0.2, 0.25) is 0 Å². The van der Waals surface area contributed by atoms with Crippen molar-refractivity contribution in [3.05, 3.63) is 12.4 Å². The third kappa shape index (κ3) is 4.29. The molecule has 0 unspecified atom stereocenters. The Bertz CT molecular complexity index is 219.